The van der Waals surface area contributed by atoms with E-state index >= 15 is 0 Å². The molecule has 3 aromatic carbocycles. The van der Waals surface area contributed by atoms with E-state index in [0.29, 0.717) is 47.8 Å². The quantitative estimate of drug-likeness (QED) is 0.143. The number of anilines is 2. The van der Waals surface area contributed by atoms with Gasteiger partial charge in [0.2, 0.25) is 0 Å². The summed E-state index contributed by atoms with van der Waals surface area (Å²) >= 11 is 24.0. The number of benzene rings is 3. The van der Waals surface area contributed by atoms with Gasteiger partial charge in [-0.15, -0.1) is 0 Å². The number of halogens is 4. The van der Waals surface area contributed by atoms with E-state index in [2.05, 4.69) is 15.8 Å². The average Bonchev–Trinajstić information content (AvgIpc) is 3.14. The predicted octanol–water partition coefficient (Wildman–Crippen LogP) is 7.11. The highest BCUT2D eigenvalue weighted by atomic mass is 35.5. The maximum atomic E-state index is 13.8. The van der Waals surface area contributed by atoms with Crippen molar-refractivity contribution < 1.29 is 19.6 Å². The van der Waals surface area contributed by atoms with Crippen molar-refractivity contribution in [1.29, 1.82) is 0 Å². The molecule has 220 valence electrons. The Morgan fingerprint density at radius 3 is 2.14 bits per heavy atom. The highest BCUT2D eigenvalue weighted by Gasteiger charge is 2.56. The Hall–Kier alpha value is -3.54. The lowest BCUT2D eigenvalue weighted by Crippen LogP contribution is -2.58. The van der Waals surface area contributed by atoms with Gasteiger partial charge >= 0.3 is 12.1 Å². The number of hydrogen-bond donors (Lipinski definition) is 3. The topological polar surface area (TPSA) is 118 Å². The standard InChI is InChI=1S/C28H26Cl4N6O4/c1-16(17-4-13-22(31)23(32)14-17)34-35-24(39)15-36-27(41)37(21-11-7-19(30)8-12-21)25(28(36,2)3)38(42)26(40)33-20-9-5-18(29)6-10-20/h4-14,25,42H,15H2,1-3H3,(H,33,40)(H,35,39)/b34-16-. The molecule has 1 unspecified atom stereocenters. The van der Waals surface area contributed by atoms with Crippen molar-refractivity contribution >= 4 is 81.5 Å². The van der Waals surface area contributed by atoms with Gasteiger partial charge in [0.1, 0.15) is 6.54 Å². The van der Waals surface area contributed by atoms with E-state index in [-0.39, 0.29) is 0 Å². The SMILES string of the molecule is C/C(=N/NC(=O)CN1C(=O)N(c2ccc(Cl)cc2)C(N(O)C(=O)Nc2ccc(Cl)cc2)C1(C)C)c1ccc(Cl)c(Cl)c1. The Labute approximate surface area is 262 Å². The van der Waals surface area contributed by atoms with Crippen molar-refractivity contribution in [3.63, 3.8) is 0 Å². The zero-order valence-electron chi connectivity index (χ0n) is 22.6. The summed E-state index contributed by atoms with van der Waals surface area (Å²) in [6.45, 7) is 4.49. The highest BCUT2D eigenvalue weighted by Crippen LogP contribution is 2.38. The molecule has 14 heteroatoms. The molecule has 0 spiro atoms. The second-order valence-corrected chi connectivity index (χ2v) is 11.6. The largest absolute Gasteiger partial charge is 0.347 e. The Bertz CT molecular complexity index is 1530. The molecule has 1 aliphatic rings. The molecule has 1 atom stereocenters. The van der Waals surface area contributed by atoms with Gasteiger partial charge in [0.15, 0.2) is 6.17 Å². The van der Waals surface area contributed by atoms with Crippen LogP contribution in [0.2, 0.25) is 20.1 Å². The van der Waals surface area contributed by atoms with Gasteiger partial charge in [-0.2, -0.15) is 10.2 Å². The van der Waals surface area contributed by atoms with Crippen LogP contribution in [0.1, 0.15) is 26.3 Å². The molecule has 1 fully saturated rings. The lowest BCUT2D eigenvalue weighted by atomic mass is 9.99. The van der Waals surface area contributed by atoms with Crippen molar-refractivity contribution in [1.82, 2.24) is 15.4 Å². The van der Waals surface area contributed by atoms with Gasteiger partial charge in [0, 0.05) is 21.4 Å². The fourth-order valence-corrected chi connectivity index (χ4v) is 4.96. The number of rotatable bonds is 7. The van der Waals surface area contributed by atoms with Gasteiger partial charge in [-0.05, 0) is 87.0 Å². The summed E-state index contributed by atoms with van der Waals surface area (Å²) in [5, 5.41) is 19.9. The molecule has 42 heavy (non-hydrogen) atoms. The van der Waals surface area contributed by atoms with Crippen LogP contribution in [0.3, 0.4) is 0 Å². The van der Waals surface area contributed by atoms with Crippen LogP contribution in [0.25, 0.3) is 0 Å². The summed E-state index contributed by atoms with van der Waals surface area (Å²) in [5.41, 5.74) is 2.97. The van der Waals surface area contributed by atoms with E-state index < -0.39 is 36.2 Å². The molecule has 0 aliphatic carbocycles. The first-order valence-corrected chi connectivity index (χ1v) is 14.0. The van der Waals surface area contributed by atoms with Gasteiger partial charge in [0.05, 0.1) is 21.3 Å². The summed E-state index contributed by atoms with van der Waals surface area (Å²) in [7, 11) is 0. The minimum atomic E-state index is -1.28. The van der Waals surface area contributed by atoms with E-state index in [4.69, 9.17) is 46.4 Å². The number of hydrogen-bond acceptors (Lipinski definition) is 5. The van der Waals surface area contributed by atoms with Gasteiger partial charge < -0.3 is 10.2 Å². The van der Waals surface area contributed by atoms with Crippen molar-refractivity contribution in [3.05, 3.63) is 92.4 Å². The first-order valence-electron chi connectivity index (χ1n) is 12.5. The molecule has 1 saturated heterocycles. The third-order valence-electron chi connectivity index (χ3n) is 6.64. The van der Waals surface area contributed by atoms with Crippen LogP contribution >= 0.6 is 46.4 Å². The zero-order valence-corrected chi connectivity index (χ0v) is 25.6. The van der Waals surface area contributed by atoms with E-state index in [1.54, 1.807) is 87.5 Å². The second-order valence-electron chi connectivity index (χ2n) is 9.89. The van der Waals surface area contributed by atoms with Crippen molar-refractivity contribution in [3.8, 4) is 0 Å². The lowest BCUT2D eigenvalue weighted by molar-refractivity contribution is -0.124. The highest BCUT2D eigenvalue weighted by molar-refractivity contribution is 6.42. The van der Waals surface area contributed by atoms with Crippen molar-refractivity contribution in [2.24, 2.45) is 5.10 Å². The minimum Gasteiger partial charge on any atom is -0.306 e. The van der Waals surface area contributed by atoms with Crippen LogP contribution in [0.15, 0.2) is 71.8 Å². The molecule has 5 amide bonds. The monoisotopic (exact) mass is 650 g/mol. The van der Waals surface area contributed by atoms with Gasteiger partial charge in [0.25, 0.3) is 5.91 Å². The Kier molecular flexibility index (Phi) is 9.54. The summed E-state index contributed by atoms with van der Waals surface area (Å²) in [6, 6.07) is 15.9. The van der Waals surface area contributed by atoms with Crippen LogP contribution in [-0.2, 0) is 4.79 Å². The Morgan fingerprint density at radius 2 is 1.55 bits per heavy atom. The summed E-state index contributed by atoms with van der Waals surface area (Å²) in [5.74, 6) is -0.609. The molecule has 1 aliphatic heterocycles. The summed E-state index contributed by atoms with van der Waals surface area (Å²) in [4.78, 5) is 42.4. The molecular weight excluding hydrogens is 626 g/mol. The van der Waals surface area contributed by atoms with Crippen molar-refractivity contribution in [2.45, 2.75) is 32.5 Å². The van der Waals surface area contributed by atoms with Crippen LogP contribution in [-0.4, -0.2) is 57.1 Å². The van der Waals surface area contributed by atoms with E-state index in [9.17, 15) is 19.6 Å². The summed E-state index contributed by atoms with van der Waals surface area (Å²) < 4.78 is 0. The zero-order chi connectivity index (χ0) is 30.8. The number of amides is 5. The molecular formula is C28H26Cl4N6O4. The van der Waals surface area contributed by atoms with Gasteiger partial charge in [-0.3, -0.25) is 14.9 Å². The molecule has 1 heterocycles. The Balaban J connectivity index is 1.59. The molecule has 4 rings (SSSR count). The number of carbonyl (C=O) groups excluding carboxylic acids is 3. The molecule has 3 N–H and O–H groups in total. The summed E-state index contributed by atoms with van der Waals surface area (Å²) in [6.07, 6.45) is -1.26. The average molecular weight is 652 g/mol. The fourth-order valence-electron chi connectivity index (χ4n) is 4.41. The second kappa shape index (κ2) is 12.8. The molecule has 0 bridgehead atoms. The molecule has 0 saturated carbocycles. The molecule has 3 aromatic rings. The van der Waals surface area contributed by atoms with Crippen LogP contribution < -0.4 is 15.6 Å². The molecule has 0 aromatic heterocycles. The third-order valence-corrected chi connectivity index (χ3v) is 7.88. The number of hydroxylamine groups is 2. The maximum Gasteiger partial charge on any atom is 0.347 e. The number of hydrazone groups is 1. The third kappa shape index (κ3) is 6.74. The first kappa shape index (κ1) is 31.4. The van der Waals surface area contributed by atoms with Gasteiger partial charge in [-0.25, -0.2) is 15.0 Å². The number of carbonyl (C=O) groups is 3. The normalized spacial score (nSPS) is 16.4. The molecule has 0 radical (unpaired) electrons. The van der Waals surface area contributed by atoms with Crippen molar-refractivity contribution in [2.75, 3.05) is 16.8 Å². The van der Waals surface area contributed by atoms with E-state index in [1.807, 2.05) is 0 Å². The van der Waals surface area contributed by atoms with E-state index in [1.165, 1.54) is 9.80 Å². The Morgan fingerprint density at radius 1 is 0.952 bits per heavy atom. The van der Waals surface area contributed by atoms with Crippen LogP contribution in [0, 0.1) is 0 Å². The molecule has 10 nitrogen and oxygen atoms in total. The van der Waals surface area contributed by atoms with Crippen LogP contribution in [0.4, 0.5) is 21.0 Å². The fraction of sp³-hybridized carbons (Fsp3) is 0.214. The van der Waals surface area contributed by atoms with E-state index in [0.717, 1.165) is 0 Å². The van der Waals surface area contributed by atoms with Crippen LogP contribution in [0.5, 0.6) is 0 Å². The number of urea groups is 2. The maximum absolute atomic E-state index is 13.8. The minimum absolute atomic E-state index is 0.335. The first-order chi connectivity index (χ1) is 19.8. The smallest absolute Gasteiger partial charge is 0.306 e. The predicted molar refractivity (Wildman–Crippen MR) is 165 cm³/mol. The number of nitrogens with one attached hydrogen (secondary N) is 2. The van der Waals surface area contributed by atoms with Gasteiger partial charge in [-0.1, -0.05) is 52.5 Å². The lowest BCUT2D eigenvalue weighted by Gasteiger charge is -2.38. The number of nitrogens with zero attached hydrogens (tertiary/aromatic N) is 4.